The van der Waals surface area contributed by atoms with E-state index in [1.807, 2.05) is 35.4 Å². The number of fused-ring (bicyclic) bond motifs is 3. The summed E-state index contributed by atoms with van der Waals surface area (Å²) in [6.07, 6.45) is 11.5. The molecule has 3 saturated heterocycles. The number of nitrogens with zero attached hydrogens (tertiary/aromatic N) is 9. The highest BCUT2D eigenvalue weighted by Crippen LogP contribution is 2.40. The van der Waals surface area contributed by atoms with Gasteiger partial charge in [-0.1, -0.05) is 0 Å². The first kappa shape index (κ1) is 26.0. The highest BCUT2D eigenvalue weighted by Gasteiger charge is 2.46. The Morgan fingerprint density at radius 2 is 1.80 bits per heavy atom. The maximum atomic E-state index is 13.6. The number of piperazine rings is 1. The van der Waals surface area contributed by atoms with Crippen LogP contribution in [0.3, 0.4) is 0 Å². The number of aromatic nitrogens is 6. The zero-order chi connectivity index (χ0) is 28.3. The van der Waals surface area contributed by atoms with Gasteiger partial charge in [0.05, 0.1) is 30.0 Å². The number of pyridine rings is 1. The Morgan fingerprint density at radius 3 is 2.46 bits per heavy atom. The van der Waals surface area contributed by atoms with Crippen molar-refractivity contribution in [2.75, 3.05) is 24.5 Å². The lowest BCUT2D eigenvalue weighted by molar-refractivity contribution is -0.0651. The Labute approximate surface area is 237 Å². The van der Waals surface area contributed by atoms with E-state index in [-0.39, 0.29) is 18.9 Å². The smallest absolute Gasteiger partial charge is 0.248 e. The van der Waals surface area contributed by atoms with Crippen LogP contribution in [0.15, 0.2) is 43.1 Å². The summed E-state index contributed by atoms with van der Waals surface area (Å²) in [4.78, 5) is 14.6. The van der Waals surface area contributed by atoms with Crippen molar-refractivity contribution in [1.29, 1.82) is 5.26 Å². The highest BCUT2D eigenvalue weighted by molar-refractivity contribution is 5.83. The molecule has 9 nitrogen and oxygen atoms in total. The van der Waals surface area contributed by atoms with Crippen LogP contribution in [0.5, 0.6) is 0 Å². The molecular weight excluding hydrogens is 524 g/mol. The van der Waals surface area contributed by atoms with Gasteiger partial charge in [-0.05, 0) is 51.2 Å². The molecule has 41 heavy (non-hydrogen) atoms. The fraction of sp³-hybridized carbons (Fsp3) is 0.500. The lowest BCUT2D eigenvalue weighted by atomic mass is 9.82. The molecule has 0 spiro atoms. The van der Waals surface area contributed by atoms with Gasteiger partial charge in [0, 0.05) is 74.1 Å². The monoisotopic (exact) mass is 557 g/mol. The summed E-state index contributed by atoms with van der Waals surface area (Å²) in [7, 11) is 0. The van der Waals surface area contributed by atoms with E-state index in [4.69, 9.17) is 9.97 Å². The van der Waals surface area contributed by atoms with Gasteiger partial charge in [-0.2, -0.15) is 15.5 Å². The van der Waals surface area contributed by atoms with Gasteiger partial charge >= 0.3 is 0 Å². The number of anilines is 1. The van der Waals surface area contributed by atoms with Crippen molar-refractivity contribution in [3.8, 4) is 28.6 Å². The van der Waals surface area contributed by atoms with Crippen molar-refractivity contribution < 1.29 is 8.78 Å². The van der Waals surface area contributed by atoms with E-state index in [0.717, 1.165) is 43.0 Å². The number of nitriles is 1. The zero-order valence-corrected chi connectivity index (χ0v) is 23.3. The van der Waals surface area contributed by atoms with Crippen LogP contribution in [-0.2, 0) is 0 Å². The van der Waals surface area contributed by atoms with Crippen molar-refractivity contribution in [1.82, 2.24) is 34.3 Å². The van der Waals surface area contributed by atoms with Crippen LogP contribution in [0.4, 0.5) is 14.6 Å². The molecular formula is C30H33F2N9. The summed E-state index contributed by atoms with van der Waals surface area (Å²) >= 11 is 0. The van der Waals surface area contributed by atoms with E-state index in [2.05, 4.69) is 39.9 Å². The SMILES string of the molecule is CC(C)n1cc(-c2cn3ncc(C#N)c3c(-c3ccc(N4CC5CC(C4)N5CC4CCC(F)(F)CC4)nc3)n2)cn1. The zero-order valence-electron chi connectivity index (χ0n) is 23.3. The Morgan fingerprint density at radius 1 is 1.02 bits per heavy atom. The average molecular weight is 558 g/mol. The second-order valence-corrected chi connectivity index (χ2v) is 12.1. The highest BCUT2D eigenvalue weighted by atomic mass is 19.3. The van der Waals surface area contributed by atoms with Gasteiger partial charge in [-0.25, -0.2) is 23.3 Å². The number of hydrogen-bond acceptors (Lipinski definition) is 7. The predicted molar refractivity (Wildman–Crippen MR) is 151 cm³/mol. The second-order valence-electron chi connectivity index (χ2n) is 12.1. The van der Waals surface area contributed by atoms with Crippen LogP contribution in [0.2, 0.25) is 0 Å². The maximum absolute atomic E-state index is 13.6. The van der Waals surface area contributed by atoms with Gasteiger partial charge in [-0.15, -0.1) is 0 Å². The van der Waals surface area contributed by atoms with Gasteiger partial charge < -0.3 is 4.90 Å². The first-order chi connectivity index (χ1) is 19.8. The van der Waals surface area contributed by atoms with Gasteiger partial charge in [-0.3, -0.25) is 9.58 Å². The summed E-state index contributed by atoms with van der Waals surface area (Å²) in [6, 6.07) is 7.41. The first-order valence-electron chi connectivity index (χ1n) is 14.5. The van der Waals surface area contributed by atoms with Gasteiger partial charge in [0.15, 0.2) is 0 Å². The third-order valence-electron chi connectivity index (χ3n) is 9.04. The number of halogens is 2. The molecule has 4 aliphatic rings. The van der Waals surface area contributed by atoms with Gasteiger partial charge in [0.25, 0.3) is 0 Å². The Balaban J connectivity index is 1.10. The summed E-state index contributed by atoms with van der Waals surface area (Å²) in [5.74, 6) is -1.17. The molecule has 3 aliphatic heterocycles. The lowest BCUT2D eigenvalue weighted by Gasteiger charge is -2.57. The fourth-order valence-corrected chi connectivity index (χ4v) is 6.66. The predicted octanol–water partition coefficient (Wildman–Crippen LogP) is 5.20. The molecule has 11 heteroatoms. The van der Waals surface area contributed by atoms with Crippen molar-refractivity contribution in [2.45, 2.75) is 70.0 Å². The molecule has 0 N–H and O–H groups in total. The number of alkyl halides is 2. The third kappa shape index (κ3) is 4.74. The second kappa shape index (κ2) is 9.87. The molecule has 4 aromatic rings. The van der Waals surface area contributed by atoms with Crippen LogP contribution in [-0.4, -0.2) is 71.9 Å². The van der Waals surface area contributed by atoms with E-state index >= 15 is 0 Å². The van der Waals surface area contributed by atoms with E-state index in [1.165, 1.54) is 0 Å². The maximum Gasteiger partial charge on any atom is 0.248 e. The quantitative estimate of drug-likeness (QED) is 0.322. The lowest BCUT2D eigenvalue weighted by Crippen LogP contribution is -2.69. The van der Waals surface area contributed by atoms with Crippen LogP contribution in [0.25, 0.3) is 28.0 Å². The fourth-order valence-electron chi connectivity index (χ4n) is 6.66. The average Bonchev–Trinajstić information content (AvgIpc) is 3.64. The molecule has 212 valence electrons. The largest absolute Gasteiger partial charge is 0.353 e. The summed E-state index contributed by atoms with van der Waals surface area (Å²) < 4.78 is 30.8. The van der Waals surface area contributed by atoms with E-state index in [1.54, 1.807) is 16.9 Å². The molecule has 7 heterocycles. The van der Waals surface area contributed by atoms with Crippen LogP contribution >= 0.6 is 0 Å². The van der Waals surface area contributed by atoms with Crippen LogP contribution < -0.4 is 4.90 Å². The Bertz CT molecular complexity index is 1600. The standard InChI is InChI=1S/C30H33F2N9/c1-19(2)40-15-23(13-35-40)26-18-41-29(22(10-33)12-36-41)28(37-26)21-3-4-27(34-11-21)38-16-24-9-25(17-38)39(24)14-20-5-7-30(31,32)8-6-20/h3-4,11-13,15,18-20,24-25H,5-9,14,16-17H2,1-2H3. The molecule has 2 atom stereocenters. The summed E-state index contributed by atoms with van der Waals surface area (Å²) in [6.45, 7) is 6.87. The van der Waals surface area contributed by atoms with Gasteiger partial charge in [0.2, 0.25) is 5.92 Å². The van der Waals surface area contributed by atoms with E-state index < -0.39 is 5.92 Å². The number of rotatable bonds is 6. The third-order valence-corrected chi connectivity index (χ3v) is 9.04. The van der Waals surface area contributed by atoms with E-state index in [0.29, 0.717) is 53.3 Å². The molecule has 1 saturated carbocycles. The molecule has 0 aromatic carbocycles. The van der Waals surface area contributed by atoms with Crippen molar-refractivity contribution in [3.05, 3.63) is 48.7 Å². The molecule has 4 aromatic heterocycles. The van der Waals surface area contributed by atoms with Crippen molar-refractivity contribution >= 4 is 11.3 Å². The van der Waals surface area contributed by atoms with Crippen molar-refractivity contribution in [3.63, 3.8) is 0 Å². The minimum atomic E-state index is -2.47. The molecule has 4 fully saturated rings. The summed E-state index contributed by atoms with van der Waals surface area (Å²) in [5, 5.41) is 18.6. The Hall–Kier alpha value is -3.91. The normalized spacial score (nSPS) is 22.7. The molecule has 1 aliphatic carbocycles. The van der Waals surface area contributed by atoms with Crippen molar-refractivity contribution in [2.24, 2.45) is 5.92 Å². The topological polar surface area (TPSA) is 91.2 Å². The van der Waals surface area contributed by atoms with Crippen LogP contribution in [0, 0.1) is 17.2 Å². The minimum absolute atomic E-state index is 0.0318. The van der Waals surface area contributed by atoms with Gasteiger partial charge in [0.1, 0.15) is 23.0 Å². The van der Waals surface area contributed by atoms with Crippen LogP contribution in [0.1, 0.15) is 57.6 Å². The number of hydrogen-bond donors (Lipinski definition) is 0. The summed E-state index contributed by atoms with van der Waals surface area (Å²) in [5.41, 5.74) is 4.16. The molecule has 0 amide bonds. The first-order valence-corrected chi connectivity index (χ1v) is 14.5. The Kier molecular flexibility index (Phi) is 6.27. The van der Waals surface area contributed by atoms with E-state index in [9.17, 15) is 14.0 Å². The molecule has 8 rings (SSSR count). The minimum Gasteiger partial charge on any atom is -0.353 e. The number of piperidine rings is 1. The molecule has 2 unspecified atom stereocenters. The molecule has 2 bridgehead atoms. The molecule has 0 radical (unpaired) electrons.